The van der Waals surface area contributed by atoms with E-state index in [0.717, 1.165) is 0 Å². The van der Waals surface area contributed by atoms with Crippen LogP contribution in [0.5, 0.6) is 0 Å². The van der Waals surface area contributed by atoms with E-state index in [9.17, 15) is 14.9 Å². The molecule has 1 atom stereocenters. The highest BCUT2D eigenvalue weighted by atomic mass is 35.5. The van der Waals surface area contributed by atoms with Crippen molar-refractivity contribution in [2.45, 2.75) is 19.8 Å². The van der Waals surface area contributed by atoms with Gasteiger partial charge in [-0.15, -0.1) is 0 Å². The molecule has 2 aromatic rings. The molecule has 1 heterocycles. The van der Waals surface area contributed by atoms with Crippen molar-refractivity contribution in [3.05, 3.63) is 86.2 Å². The fourth-order valence-corrected chi connectivity index (χ4v) is 3.68. The van der Waals surface area contributed by atoms with Gasteiger partial charge < -0.3 is 15.8 Å². The Morgan fingerprint density at radius 1 is 1.32 bits per heavy atom. The van der Waals surface area contributed by atoms with Crippen molar-refractivity contribution in [3.63, 3.8) is 0 Å². The number of halogens is 1. The van der Waals surface area contributed by atoms with Crippen LogP contribution in [0.2, 0.25) is 0 Å². The van der Waals surface area contributed by atoms with Crippen molar-refractivity contribution in [2.75, 3.05) is 12.3 Å². The van der Waals surface area contributed by atoms with Crippen molar-refractivity contribution < 1.29 is 19.4 Å². The van der Waals surface area contributed by atoms with E-state index in [2.05, 4.69) is 10.3 Å². The molecule has 8 nitrogen and oxygen atoms in total. The van der Waals surface area contributed by atoms with Gasteiger partial charge in [0.25, 0.3) is 5.69 Å². The number of non-ortho nitro benzene ring substituents is 1. The number of anilines is 1. The number of dihydropyridines is 1. The molecule has 0 bridgehead atoms. The molecule has 3 rings (SSSR count). The van der Waals surface area contributed by atoms with Crippen molar-refractivity contribution in [2.24, 2.45) is 0 Å². The van der Waals surface area contributed by atoms with Gasteiger partial charge >= 0.3 is 5.97 Å². The SMILES string of the molecule is CCOC(=O)C1=C(C)NC(Cl)=C(C=[NH+]c2ccccc2N)C1c1cccc([N+](=O)[O-])c1. The first-order valence-electron chi connectivity index (χ1n) is 9.56. The van der Waals surface area contributed by atoms with Crippen molar-refractivity contribution in [1.82, 2.24) is 5.32 Å². The number of esters is 1. The van der Waals surface area contributed by atoms with E-state index in [0.29, 0.717) is 33.8 Å². The average molecular weight is 442 g/mol. The molecule has 31 heavy (non-hydrogen) atoms. The van der Waals surface area contributed by atoms with E-state index in [4.69, 9.17) is 22.1 Å². The minimum Gasteiger partial charge on any atom is -0.463 e. The summed E-state index contributed by atoms with van der Waals surface area (Å²) < 4.78 is 5.26. The molecular weight excluding hydrogens is 420 g/mol. The van der Waals surface area contributed by atoms with Crippen LogP contribution >= 0.6 is 11.6 Å². The highest BCUT2D eigenvalue weighted by molar-refractivity contribution is 6.31. The highest BCUT2D eigenvalue weighted by Gasteiger charge is 2.36. The Morgan fingerprint density at radius 3 is 2.74 bits per heavy atom. The molecule has 0 amide bonds. The maximum Gasteiger partial charge on any atom is 0.336 e. The van der Waals surface area contributed by atoms with Crippen LogP contribution in [-0.2, 0) is 9.53 Å². The first-order chi connectivity index (χ1) is 14.8. The van der Waals surface area contributed by atoms with E-state index in [1.165, 1.54) is 12.1 Å². The van der Waals surface area contributed by atoms with Crippen LogP contribution in [0.4, 0.5) is 17.1 Å². The summed E-state index contributed by atoms with van der Waals surface area (Å²) in [4.78, 5) is 26.8. The van der Waals surface area contributed by atoms with E-state index in [1.54, 1.807) is 44.3 Å². The monoisotopic (exact) mass is 441 g/mol. The minimum absolute atomic E-state index is 0.0902. The number of benzene rings is 2. The predicted octanol–water partition coefficient (Wildman–Crippen LogP) is 2.63. The Balaban J connectivity index is 2.16. The van der Waals surface area contributed by atoms with E-state index in [1.807, 2.05) is 12.1 Å². The molecule has 2 aromatic carbocycles. The number of rotatable bonds is 6. The number of nitrogen functional groups attached to an aromatic ring is 1. The van der Waals surface area contributed by atoms with Crippen LogP contribution < -0.4 is 16.0 Å². The number of carbonyl (C=O) groups excluding carboxylic acids is 1. The zero-order valence-electron chi connectivity index (χ0n) is 17.0. The van der Waals surface area contributed by atoms with Crippen LogP contribution in [0, 0.1) is 10.1 Å². The molecule has 0 aromatic heterocycles. The Hall–Kier alpha value is -3.65. The summed E-state index contributed by atoms with van der Waals surface area (Å²) in [5.74, 6) is -1.22. The Labute approximate surface area is 184 Å². The lowest BCUT2D eigenvalue weighted by molar-refractivity contribution is -0.384. The van der Waals surface area contributed by atoms with Gasteiger partial charge in [0.05, 0.1) is 28.6 Å². The molecule has 0 fully saturated rings. The number of nitrogens with two attached hydrogens (primary N) is 1. The molecule has 1 aliphatic rings. The average Bonchev–Trinajstić information content (AvgIpc) is 2.73. The molecule has 1 unspecified atom stereocenters. The van der Waals surface area contributed by atoms with Gasteiger partial charge in [0.15, 0.2) is 6.21 Å². The fourth-order valence-electron chi connectivity index (χ4n) is 3.38. The number of hydrogen-bond donors (Lipinski definition) is 3. The molecule has 0 saturated carbocycles. The summed E-state index contributed by atoms with van der Waals surface area (Å²) >= 11 is 6.52. The van der Waals surface area contributed by atoms with E-state index in [-0.39, 0.29) is 17.5 Å². The number of nitro benzene ring substituents is 1. The molecule has 0 saturated heterocycles. The summed E-state index contributed by atoms with van der Waals surface area (Å²) in [6.07, 6.45) is 1.64. The number of nitro groups is 1. The lowest BCUT2D eigenvalue weighted by Gasteiger charge is -2.27. The van der Waals surface area contributed by atoms with Crippen LogP contribution in [-0.4, -0.2) is 23.7 Å². The number of hydrogen-bond acceptors (Lipinski definition) is 6. The Bertz CT molecular complexity index is 1120. The standard InChI is InChI=1S/C22H21ClN4O4/c1-3-31-22(28)19-13(2)26-21(23)16(12-25-18-10-5-4-9-17(18)24)20(19)14-7-6-8-15(11-14)27(29)30/h4-12,20,26H,3,24H2,1-2H3/p+1. The lowest BCUT2D eigenvalue weighted by Crippen LogP contribution is -2.62. The van der Waals surface area contributed by atoms with E-state index >= 15 is 0 Å². The number of para-hydroxylation sites is 2. The highest BCUT2D eigenvalue weighted by Crippen LogP contribution is 2.39. The van der Waals surface area contributed by atoms with Gasteiger partial charge in [0.2, 0.25) is 5.69 Å². The van der Waals surface area contributed by atoms with Gasteiger partial charge in [0.1, 0.15) is 10.8 Å². The Morgan fingerprint density at radius 2 is 2.06 bits per heavy atom. The number of nitrogens with one attached hydrogen (secondary N) is 2. The zero-order chi connectivity index (χ0) is 22.5. The van der Waals surface area contributed by atoms with Crippen molar-refractivity contribution in [1.29, 1.82) is 0 Å². The molecule has 9 heteroatoms. The molecular formula is C22H22ClN4O4+. The second-order valence-electron chi connectivity index (χ2n) is 6.81. The second kappa shape index (κ2) is 9.44. The number of carbonyl (C=O) groups is 1. The van der Waals surface area contributed by atoms with Gasteiger partial charge in [-0.25, -0.2) is 9.79 Å². The molecule has 160 valence electrons. The van der Waals surface area contributed by atoms with E-state index < -0.39 is 16.8 Å². The molecule has 4 N–H and O–H groups in total. The molecule has 0 radical (unpaired) electrons. The first-order valence-corrected chi connectivity index (χ1v) is 9.94. The van der Waals surface area contributed by atoms with Crippen LogP contribution in [0.3, 0.4) is 0 Å². The quantitative estimate of drug-likeness (QED) is 0.158. The molecule has 1 aliphatic heterocycles. The molecule has 0 aliphatic carbocycles. The number of nitrogens with zero attached hydrogens (tertiary/aromatic N) is 1. The van der Waals surface area contributed by atoms with Gasteiger partial charge in [-0.1, -0.05) is 35.9 Å². The van der Waals surface area contributed by atoms with Crippen molar-refractivity contribution >= 4 is 40.8 Å². The Kier molecular flexibility index (Phi) is 6.71. The third kappa shape index (κ3) is 4.75. The van der Waals surface area contributed by atoms with Crippen LogP contribution in [0.1, 0.15) is 25.3 Å². The summed E-state index contributed by atoms with van der Waals surface area (Å²) in [7, 11) is 0. The van der Waals surface area contributed by atoms with Gasteiger partial charge in [-0.2, -0.15) is 0 Å². The minimum atomic E-state index is -0.690. The largest absolute Gasteiger partial charge is 0.463 e. The normalized spacial score (nSPS) is 16.4. The number of ether oxygens (including phenoxy) is 1. The third-order valence-electron chi connectivity index (χ3n) is 4.81. The zero-order valence-corrected chi connectivity index (χ0v) is 17.8. The third-order valence-corrected chi connectivity index (χ3v) is 5.12. The van der Waals surface area contributed by atoms with Crippen LogP contribution in [0.15, 0.2) is 70.5 Å². The molecule has 0 spiro atoms. The maximum absolute atomic E-state index is 12.8. The summed E-state index contributed by atoms with van der Waals surface area (Å²) in [5, 5.41) is 14.6. The lowest BCUT2D eigenvalue weighted by atomic mass is 9.82. The maximum atomic E-state index is 12.8. The fraction of sp³-hybridized carbons (Fsp3) is 0.182. The second-order valence-corrected chi connectivity index (χ2v) is 7.19. The van der Waals surface area contributed by atoms with Gasteiger partial charge in [-0.3, -0.25) is 10.1 Å². The predicted molar refractivity (Wildman–Crippen MR) is 119 cm³/mol. The summed E-state index contributed by atoms with van der Waals surface area (Å²) in [5.41, 5.74) is 8.97. The van der Waals surface area contributed by atoms with Crippen LogP contribution in [0.25, 0.3) is 0 Å². The number of allylic oxidation sites excluding steroid dienone is 2. The topological polar surface area (TPSA) is 121 Å². The van der Waals surface area contributed by atoms with Crippen molar-refractivity contribution in [3.8, 4) is 0 Å². The van der Waals surface area contributed by atoms with Gasteiger partial charge in [0, 0.05) is 23.9 Å². The summed E-state index contributed by atoms with van der Waals surface area (Å²) in [6.45, 7) is 3.60. The smallest absolute Gasteiger partial charge is 0.336 e. The first kappa shape index (κ1) is 22.0. The summed E-state index contributed by atoms with van der Waals surface area (Å²) in [6, 6.07) is 13.3. The van der Waals surface area contributed by atoms with Gasteiger partial charge in [-0.05, 0) is 25.5 Å².